The lowest BCUT2D eigenvalue weighted by Gasteiger charge is -2.40. The third-order valence-electron chi connectivity index (χ3n) is 7.12. The molecule has 164 valence electrons. The zero-order valence-electron chi connectivity index (χ0n) is 18.1. The molecule has 8 heteroatoms. The number of fused-ring (bicyclic) bond motifs is 1. The van der Waals surface area contributed by atoms with Gasteiger partial charge in [0.1, 0.15) is 6.04 Å². The quantitative estimate of drug-likeness (QED) is 0.504. The summed E-state index contributed by atoms with van der Waals surface area (Å²) in [6, 6.07) is -1.10. The highest BCUT2D eigenvalue weighted by Gasteiger charge is 2.76. The van der Waals surface area contributed by atoms with Gasteiger partial charge in [-0.25, -0.2) is 0 Å². The van der Waals surface area contributed by atoms with Gasteiger partial charge in [0.15, 0.2) is 0 Å². The molecule has 29 heavy (non-hydrogen) atoms. The first-order valence-electron chi connectivity index (χ1n) is 10.9. The predicted molar refractivity (Wildman–Crippen MR) is 113 cm³/mol. The number of likely N-dealkylation sites (tertiary alicyclic amines) is 1. The summed E-state index contributed by atoms with van der Waals surface area (Å²) in [5.74, 6) is -1.21. The number of amides is 3. The molecule has 3 amide bonds. The molecular weight excluding hydrogens is 390 g/mol. The molecule has 0 aromatic carbocycles. The van der Waals surface area contributed by atoms with E-state index in [9.17, 15) is 19.5 Å². The number of carbonyl (C=O) groups excluding carboxylic acids is 3. The Morgan fingerprint density at radius 2 is 2.03 bits per heavy atom. The number of thioether (sulfide) groups is 1. The molecule has 0 aromatic heterocycles. The standard InChI is InChI=1S/C21H35N3O4S/c1-6-7-8-23-19(27)17-21-12(4)9-14(29-21)15(18(26)22-5)16(21)20(28)24(17)13(10-25)11(2)3/h11-17,25H,6-10H2,1-5H3,(H,22,26)(H,23,27)/t12?,13-,14+,15-,16-,17?,21?/m0/s1. The van der Waals surface area contributed by atoms with Crippen molar-refractivity contribution in [3.63, 3.8) is 0 Å². The highest BCUT2D eigenvalue weighted by molar-refractivity contribution is 8.02. The molecule has 1 spiro atoms. The number of carbonyl (C=O) groups is 3. The van der Waals surface area contributed by atoms with Gasteiger partial charge in [0, 0.05) is 18.8 Å². The average Bonchev–Trinajstić information content (AvgIpc) is 3.26. The van der Waals surface area contributed by atoms with E-state index in [1.807, 2.05) is 13.8 Å². The van der Waals surface area contributed by atoms with Crippen LogP contribution in [-0.4, -0.2) is 70.0 Å². The van der Waals surface area contributed by atoms with E-state index in [0.717, 1.165) is 19.3 Å². The van der Waals surface area contributed by atoms with Crippen molar-refractivity contribution in [3.8, 4) is 0 Å². The first-order valence-corrected chi connectivity index (χ1v) is 11.7. The van der Waals surface area contributed by atoms with Crippen LogP contribution < -0.4 is 10.6 Å². The summed E-state index contributed by atoms with van der Waals surface area (Å²) in [7, 11) is 1.60. The van der Waals surface area contributed by atoms with Gasteiger partial charge < -0.3 is 20.6 Å². The highest BCUT2D eigenvalue weighted by Crippen LogP contribution is 2.68. The molecule has 2 bridgehead atoms. The van der Waals surface area contributed by atoms with Crippen molar-refractivity contribution in [2.24, 2.45) is 23.7 Å². The van der Waals surface area contributed by atoms with Gasteiger partial charge in [-0.3, -0.25) is 14.4 Å². The zero-order chi connectivity index (χ0) is 21.5. The van der Waals surface area contributed by atoms with Gasteiger partial charge in [0.25, 0.3) is 0 Å². The smallest absolute Gasteiger partial charge is 0.244 e. The van der Waals surface area contributed by atoms with E-state index in [0.29, 0.717) is 6.54 Å². The second-order valence-corrected chi connectivity index (χ2v) is 10.6. The van der Waals surface area contributed by atoms with Crippen molar-refractivity contribution in [2.45, 2.75) is 69.0 Å². The number of nitrogens with one attached hydrogen (secondary N) is 2. The van der Waals surface area contributed by atoms with E-state index >= 15 is 0 Å². The zero-order valence-corrected chi connectivity index (χ0v) is 18.9. The fourth-order valence-electron chi connectivity index (χ4n) is 5.69. The molecule has 0 aliphatic carbocycles. The van der Waals surface area contributed by atoms with Crippen molar-refractivity contribution in [1.29, 1.82) is 0 Å². The summed E-state index contributed by atoms with van der Waals surface area (Å²) in [4.78, 5) is 41.5. The van der Waals surface area contributed by atoms with Crippen LogP contribution in [0.2, 0.25) is 0 Å². The molecule has 3 rings (SSSR count). The normalized spacial score (nSPS) is 36.4. The van der Waals surface area contributed by atoms with E-state index in [2.05, 4.69) is 24.5 Å². The Hall–Kier alpha value is -1.28. The number of rotatable bonds is 8. The maximum absolute atomic E-state index is 13.7. The average molecular weight is 426 g/mol. The van der Waals surface area contributed by atoms with Crippen molar-refractivity contribution >= 4 is 29.5 Å². The van der Waals surface area contributed by atoms with Crippen molar-refractivity contribution in [2.75, 3.05) is 20.2 Å². The van der Waals surface area contributed by atoms with Gasteiger partial charge in [0.05, 0.1) is 29.2 Å². The molecule has 3 fully saturated rings. The van der Waals surface area contributed by atoms with Crippen LogP contribution in [0.15, 0.2) is 0 Å². The second-order valence-electron chi connectivity index (χ2n) is 9.05. The number of aliphatic hydroxyl groups is 1. The summed E-state index contributed by atoms with van der Waals surface area (Å²) < 4.78 is -0.614. The lowest BCUT2D eigenvalue weighted by Crippen LogP contribution is -2.59. The minimum absolute atomic E-state index is 0.000996. The molecule has 0 aromatic rings. The molecular formula is C21H35N3O4S. The molecule has 3 N–H and O–H groups in total. The molecule has 7 atom stereocenters. The number of nitrogens with zero attached hydrogens (tertiary/aromatic N) is 1. The largest absolute Gasteiger partial charge is 0.394 e. The summed E-state index contributed by atoms with van der Waals surface area (Å²) in [6.45, 7) is 8.45. The number of hydrogen-bond acceptors (Lipinski definition) is 5. The minimum atomic E-state index is -0.656. The Bertz CT molecular complexity index is 672. The first-order chi connectivity index (χ1) is 13.8. The predicted octanol–water partition coefficient (Wildman–Crippen LogP) is 1.00. The Morgan fingerprint density at radius 3 is 2.59 bits per heavy atom. The van der Waals surface area contributed by atoms with Crippen LogP contribution in [-0.2, 0) is 14.4 Å². The topological polar surface area (TPSA) is 98.7 Å². The van der Waals surface area contributed by atoms with E-state index in [-0.39, 0.29) is 41.4 Å². The molecule has 7 nitrogen and oxygen atoms in total. The maximum Gasteiger partial charge on any atom is 0.244 e. The van der Waals surface area contributed by atoms with Crippen LogP contribution in [0.1, 0.15) is 47.0 Å². The Morgan fingerprint density at radius 1 is 1.34 bits per heavy atom. The second kappa shape index (κ2) is 8.46. The first kappa shape index (κ1) is 22.4. The van der Waals surface area contributed by atoms with Crippen LogP contribution in [0.3, 0.4) is 0 Å². The van der Waals surface area contributed by atoms with Crippen molar-refractivity contribution in [1.82, 2.24) is 15.5 Å². The lowest BCUT2D eigenvalue weighted by atomic mass is 9.66. The van der Waals surface area contributed by atoms with Crippen LogP contribution in [0.4, 0.5) is 0 Å². The summed E-state index contributed by atoms with van der Waals surface area (Å²) in [6.07, 6.45) is 2.67. The minimum Gasteiger partial charge on any atom is -0.394 e. The summed E-state index contributed by atoms with van der Waals surface area (Å²) in [5.41, 5.74) is 0. The Labute approximate surface area is 177 Å². The van der Waals surface area contributed by atoms with Crippen LogP contribution in [0.5, 0.6) is 0 Å². The van der Waals surface area contributed by atoms with Gasteiger partial charge in [-0.05, 0) is 24.7 Å². The maximum atomic E-state index is 13.7. The van der Waals surface area contributed by atoms with Crippen LogP contribution in [0.25, 0.3) is 0 Å². The fraction of sp³-hybridized carbons (Fsp3) is 0.857. The molecule has 3 saturated heterocycles. The van der Waals surface area contributed by atoms with Gasteiger partial charge in [-0.15, -0.1) is 11.8 Å². The van der Waals surface area contributed by atoms with Crippen LogP contribution in [0, 0.1) is 23.7 Å². The van der Waals surface area contributed by atoms with E-state index in [1.165, 1.54) is 0 Å². The monoisotopic (exact) mass is 425 g/mol. The van der Waals surface area contributed by atoms with Crippen LogP contribution >= 0.6 is 11.8 Å². The van der Waals surface area contributed by atoms with Crippen molar-refractivity contribution in [3.05, 3.63) is 0 Å². The SMILES string of the molecule is CCCCNC(=O)C1N([C@@H](CO)C(C)C)C(=O)[C@@H]2[C@@H](C(=O)NC)[C@H]3CC(C)C12S3. The lowest BCUT2D eigenvalue weighted by molar-refractivity contribution is -0.143. The number of unbranched alkanes of at least 4 members (excludes halogenated alkanes) is 1. The number of aliphatic hydroxyl groups excluding tert-OH is 1. The molecule has 0 radical (unpaired) electrons. The number of hydrogen-bond donors (Lipinski definition) is 3. The third-order valence-corrected chi connectivity index (χ3v) is 9.20. The molecule has 3 aliphatic rings. The summed E-state index contributed by atoms with van der Waals surface area (Å²) in [5, 5.41) is 15.9. The Balaban J connectivity index is 2.07. The molecule has 3 unspecified atom stereocenters. The van der Waals surface area contributed by atoms with E-state index in [1.54, 1.807) is 23.7 Å². The van der Waals surface area contributed by atoms with Gasteiger partial charge >= 0.3 is 0 Å². The van der Waals surface area contributed by atoms with Gasteiger partial charge in [0.2, 0.25) is 17.7 Å². The van der Waals surface area contributed by atoms with Crippen molar-refractivity contribution < 1.29 is 19.5 Å². The van der Waals surface area contributed by atoms with E-state index < -0.39 is 28.7 Å². The molecule has 0 saturated carbocycles. The summed E-state index contributed by atoms with van der Waals surface area (Å²) >= 11 is 1.67. The van der Waals surface area contributed by atoms with Gasteiger partial charge in [-0.1, -0.05) is 34.1 Å². The molecule has 3 aliphatic heterocycles. The van der Waals surface area contributed by atoms with E-state index in [4.69, 9.17) is 0 Å². The third kappa shape index (κ3) is 3.26. The molecule has 3 heterocycles. The Kier molecular flexibility index (Phi) is 6.53. The fourth-order valence-corrected chi connectivity index (χ4v) is 8.10. The van der Waals surface area contributed by atoms with Gasteiger partial charge in [-0.2, -0.15) is 0 Å². The highest BCUT2D eigenvalue weighted by atomic mass is 32.2.